The smallest absolute Gasteiger partial charge is 0.119 e. The maximum absolute atomic E-state index is 6.26. The van der Waals surface area contributed by atoms with Gasteiger partial charge in [0.15, 0.2) is 0 Å². The summed E-state index contributed by atoms with van der Waals surface area (Å²) in [6.07, 6.45) is 0.778. The van der Waals surface area contributed by atoms with E-state index in [2.05, 4.69) is 72.8 Å². The van der Waals surface area contributed by atoms with Crippen LogP contribution in [0.4, 0.5) is 0 Å². The lowest BCUT2D eigenvalue weighted by Crippen LogP contribution is -2.10. The Labute approximate surface area is 225 Å². The number of alkyl halides is 1. The van der Waals surface area contributed by atoms with E-state index in [1.165, 1.54) is 22.3 Å². The van der Waals surface area contributed by atoms with Gasteiger partial charge in [0.2, 0.25) is 0 Å². The summed E-state index contributed by atoms with van der Waals surface area (Å²) in [6, 6.07) is 39.4. The van der Waals surface area contributed by atoms with Crippen molar-refractivity contribution in [3.63, 3.8) is 0 Å². The average Bonchev–Trinajstić information content (AvgIpc) is 2.96. The maximum atomic E-state index is 6.26. The largest absolute Gasteiger partial charge is 0.491 e. The Bertz CT molecular complexity index is 1210. The van der Waals surface area contributed by atoms with Gasteiger partial charge in [0.1, 0.15) is 12.4 Å². The third-order valence-corrected chi connectivity index (χ3v) is 6.14. The molecule has 0 aromatic heterocycles. The molecule has 4 aromatic rings. The summed E-state index contributed by atoms with van der Waals surface area (Å²) in [7, 11) is 0. The van der Waals surface area contributed by atoms with Crippen molar-refractivity contribution in [2.45, 2.75) is 13.0 Å². The maximum Gasteiger partial charge on any atom is 0.119 e. The molecule has 4 heteroatoms. The summed E-state index contributed by atoms with van der Waals surface area (Å²) in [4.78, 5) is 0. The van der Waals surface area contributed by atoms with E-state index in [0.29, 0.717) is 38.9 Å². The van der Waals surface area contributed by atoms with E-state index in [0.717, 1.165) is 23.3 Å². The molecule has 0 saturated heterocycles. The van der Waals surface area contributed by atoms with Crippen molar-refractivity contribution in [2.75, 3.05) is 32.3 Å². The molecule has 4 rings (SSSR count). The van der Waals surface area contributed by atoms with Crippen molar-refractivity contribution in [3.05, 3.63) is 138 Å². The molecule has 0 fully saturated rings. The van der Waals surface area contributed by atoms with Crippen molar-refractivity contribution in [1.29, 1.82) is 0 Å². The minimum Gasteiger partial charge on any atom is -0.491 e. The summed E-state index contributed by atoms with van der Waals surface area (Å²) in [6.45, 7) is 2.71. The molecule has 0 spiro atoms. The number of ether oxygens (including phenoxy) is 3. The normalized spacial score (nSPS) is 11.7. The average molecular weight is 513 g/mol. The Morgan fingerprint density at radius 1 is 0.541 bits per heavy atom. The zero-order chi connectivity index (χ0) is 25.5. The van der Waals surface area contributed by atoms with Crippen LogP contribution in [0, 0.1) is 0 Å². The highest BCUT2D eigenvalue weighted by Gasteiger charge is 2.14. The first-order valence-corrected chi connectivity index (χ1v) is 13.2. The third kappa shape index (κ3) is 8.33. The molecule has 3 nitrogen and oxygen atoms in total. The quantitative estimate of drug-likeness (QED) is 0.0976. The van der Waals surface area contributed by atoms with Gasteiger partial charge in [-0.15, -0.1) is 11.6 Å². The second-order valence-corrected chi connectivity index (χ2v) is 8.93. The van der Waals surface area contributed by atoms with Crippen LogP contribution < -0.4 is 4.74 Å². The van der Waals surface area contributed by atoms with Crippen LogP contribution in [0.5, 0.6) is 5.75 Å². The van der Waals surface area contributed by atoms with E-state index in [4.69, 9.17) is 25.8 Å². The Balaban J connectivity index is 1.34. The number of rotatable bonds is 14. The minimum atomic E-state index is 0.487. The van der Waals surface area contributed by atoms with Crippen molar-refractivity contribution in [2.24, 2.45) is 0 Å². The first-order chi connectivity index (χ1) is 18.3. The van der Waals surface area contributed by atoms with Crippen LogP contribution in [0.3, 0.4) is 0 Å². The molecule has 0 N–H and O–H groups in total. The van der Waals surface area contributed by atoms with E-state index < -0.39 is 0 Å². The van der Waals surface area contributed by atoms with Gasteiger partial charge in [-0.05, 0) is 52.0 Å². The fourth-order valence-electron chi connectivity index (χ4n) is 4.19. The predicted octanol–water partition coefficient (Wildman–Crippen LogP) is 7.89. The molecule has 0 amide bonds. The number of halogens is 1. The zero-order valence-electron chi connectivity index (χ0n) is 21.0. The molecule has 4 aromatic carbocycles. The van der Waals surface area contributed by atoms with Gasteiger partial charge in [-0.1, -0.05) is 103 Å². The van der Waals surface area contributed by atoms with Crippen LogP contribution in [-0.4, -0.2) is 32.3 Å². The van der Waals surface area contributed by atoms with Crippen LogP contribution in [0.2, 0.25) is 0 Å². The topological polar surface area (TPSA) is 27.7 Å². The molecule has 0 aliphatic carbocycles. The Morgan fingerprint density at radius 3 is 1.73 bits per heavy atom. The van der Waals surface area contributed by atoms with Gasteiger partial charge in [0.05, 0.1) is 26.4 Å². The molecule has 0 radical (unpaired) electrons. The van der Waals surface area contributed by atoms with E-state index in [1.807, 2.05) is 42.5 Å². The van der Waals surface area contributed by atoms with E-state index in [-0.39, 0.29) is 0 Å². The molecule has 0 saturated carbocycles. The molecule has 190 valence electrons. The van der Waals surface area contributed by atoms with Gasteiger partial charge in [-0.3, -0.25) is 0 Å². The van der Waals surface area contributed by atoms with Crippen LogP contribution in [0.15, 0.2) is 115 Å². The SMILES string of the molecule is ClCCC(=C(c1ccccc1)c1ccc(OCCOCCOCc2ccccc2)cc1)c1ccccc1. The first-order valence-electron chi connectivity index (χ1n) is 12.7. The summed E-state index contributed by atoms with van der Waals surface area (Å²) in [5.74, 6) is 1.37. The predicted molar refractivity (Wildman–Crippen MR) is 153 cm³/mol. The number of hydrogen-bond acceptors (Lipinski definition) is 3. The molecule has 0 aliphatic heterocycles. The highest BCUT2D eigenvalue weighted by molar-refractivity contribution is 6.18. The van der Waals surface area contributed by atoms with Gasteiger partial charge in [-0.25, -0.2) is 0 Å². The summed E-state index contributed by atoms with van der Waals surface area (Å²) >= 11 is 6.26. The van der Waals surface area contributed by atoms with Crippen molar-refractivity contribution in [3.8, 4) is 5.75 Å². The Hall–Kier alpha value is -3.37. The zero-order valence-corrected chi connectivity index (χ0v) is 21.8. The van der Waals surface area contributed by atoms with E-state index >= 15 is 0 Å². The molecule has 0 bridgehead atoms. The van der Waals surface area contributed by atoms with Crippen molar-refractivity contribution >= 4 is 22.7 Å². The number of benzene rings is 4. The second kappa shape index (κ2) is 15.0. The van der Waals surface area contributed by atoms with Gasteiger partial charge < -0.3 is 14.2 Å². The minimum absolute atomic E-state index is 0.487. The molecule has 0 unspecified atom stereocenters. The van der Waals surface area contributed by atoms with Gasteiger partial charge in [-0.2, -0.15) is 0 Å². The van der Waals surface area contributed by atoms with Crippen molar-refractivity contribution in [1.82, 2.24) is 0 Å². The standard InChI is InChI=1S/C33H33ClO3/c34-21-20-32(28-12-6-2-7-13-28)33(29-14-8-3-9-15-29)30-16-18-31(19-17-30)37-25-24-35-22-23-36-26-27-10-4-1-5-11-27/h1-19H,20-26H2. The summed E-state index contributed by atoms with van der Waals surface area (Å²) in [5, 5.41) is 0. The van der Waals surface area contributed by atoms with E-state index in [1.54, 1.807) is 0 Å². The molecule has 0 atom stereocenters. The summed E-state index contributed by atoms with van der Waals surface area (Å²) in [5.41, 5.74) is 7.08. The van der Waals surface area contributed by atoms with E-state index in [9.17, 15) is 0 Å². The lowest BCUT2D eigenvalue weighted by Gasteiger charge is -2.17. The number of hydrogen-bond donors (Lipinski definition) is 0. The van der Waals surface area contributed by atoms with Crippen molar-refractivity contribution < 1.29 is 14.2 Å². The molecule has 0 heterocycles. The fourth-order valence-corrected chi connectivity index (χ4v) is 4.38. The summed E-state index contributed by atoms with van der Waals surface area (Å²) < 4.78 is 17.2. The molecule has 37 heavy (non-hydrogen) atoms. The third-order valence-electron chi connectivity index (χ3n) is 5.95. The Morgan fingerprint density at radius 2 is 1.08 bits per heavy atom. The number of allylic oxidation sites excluding steroid dienone is 1. The molecule has 0 aliphatic rings. The lowest BCUT2D eigenvalue weighted by molar-refractivity contribution is 0.0303. The van der Waals surface area contributed by atoms with Crippen LogP contribution >= 0.6 is 11.6 Å². The fraction of sp³-hybridized carbons (Fsp3) is 0.212. The van der Waals surface area contributed by atoms with Gasteiger partial charge >= 0.3 is 0 Å². The van der Waals surface area contributed by atoms with Crippen LogP contribution in [0.1, 0.15) is 28.7 Å². The van der Waals surface area contributed by atoms with Crippen LogP contribution in [-0.2, 0) is 16.1 Å². The lowest BCUT2D eigenvalue weighted by atomic mass is 9.88. The molecular weight excluding hydrogens is 480 g/mol. The first kappa shape index (κ1) is 26.7. The Kier molecular flexibility index (Phi) is 10.8. The van der Waals surface area contributed by atoms with Gasteiger partial charge in [0, 0.05) is 5.88 Å². The highest BCUT2D eigenvalue weighted by Crippen LogP contribution is 2.35. The second-order valence-electron chi connectivity index (χ2n) is 8.55. The van der Waals surface area contributed by atoms with Gasteiger partial charge in [0.25, 0.3) is 0 Å². The highest BCUT2D eigenvalue weighted by atomic mass is 35.5. The molecular formula is C33H33ClO3. The van der Waals surface area contributed by atoms with Crippen LogP contribution in [0.25, 0.3) is 11.1 Å². The monoisotopic (exact) mass is 512 g/mol.